The van der Waals surface area contributed by atoms with Gasteiger partial charge in [0.15, 0.2) is 0 Å². The second-order valence-corrected chi connectivity index (χ2v) is 5.87. The van der Waals surface area contributed by atoms with Crippen LogP contribution in [0.2, 0.25) is 0 Å². The normalized spacial score (nSPS) is 10.9. The number of furan rings is 1. The monoisotopic (exact) mass is 365 g/mol. The summed E-state index contributed by atoms with van der Waals surface area (Å²) in [6.07, 6.45) is 1.56. The molecular formula is C20H19N3O4. The molecule has 0 amide bonds. The largest absolute Gasteiger partial charge is 0.496 e. The van der Waals surface area contributed by atoms with E-state index < -0.39 is 4.92 Å². The van der Waals surface area contributed by atoms with Crippen LogP contribution in [-0.4, -0.2) is 18.2 Å². The van der Waals surface area contributed by atoms with Crippen LogP contribution in [0.3, 0.4) is 0 Å². The lowest BCUT2D eigenvalue weighted by atomic mass is 10.1. The van der Waals surface area contributed by atoms with E-state index in [4.69, 9.17) is 9.15 Å². The molecule has 0 saturated heterocycles. The van der Waals surface area contributed by atoms with Crippen LogP contribution in [-0.2, 0) is 6.54 Å². The highest BCUT2D eigenvalue weighted by Crippen LogP contribution is 2.27. The molecule has 0 aliphatic carbocycles. The highest BCUT2D eigenvalue weighted by molar-refractivity contribution is 5.77. The summed E-state index contributed by atoms with van der Waals surface area (Å²) >= 11 is 0. The Morgan fingerprint density at radius 3 is 2.81 bits per heavy atom. The van der Waals surface area contributed by atoms with Crippen LogP contribution in [0.4, 0.5) is 5.69 Å². The van der Waals surface area contributed by atoms with Gasteiger partial charge in [0.05, 0.1) is 24.8 Å². The van der Waals surface area contributed by atoms with Crippen LogP contribution in [0.15, 0.2) is 64.1 Å². The summed E-state index contributed by atoms with van der Waals surface area (Å²) < 4.78 is 11.0. The number of hydrogen-bond donors (Lipinski definition) is 1. The second kappa shape index (κ2) is 8.18. The van der Waals surface area contributed by atoms with E-state index in [1.807, 2.05) is 24.3 Å². The van der Waals surface area contributed by atoms with Crippen LogP contribution < -0.4 is 10.2 Å². The van der Waals surface area contributed by atoms with Crippen molar-refractivity contribution < 1.29 is 14.1 Å². The lowest BCUT2D eigenvalue weighted by Gasteiger charge is -2.06. The molecule has 0 spiro atoms. The van der Waals surface area contributed by atoms with Gasteiger partial charge in [0.2, 0.25) is 0 Å². The fourth-order valence-electron chi connectivity index (χ4n) is 2.63. The van der Waals surface area contributed by atoms with E-state index in [2.05, 4.69) is 10.5 Å². The summed E-state index contributed by atoms with van der Waals surface area (Å²) in [4.78, 5) is 10.7. The zero-order valence-electron chi connectivity index (χ0n) is 15.0. The number of para-hydroxylation sites is 1. The molecule has 3 rings (SSSR count). The number of methoxy groups -OCH3 is 1. The predicted octanol–water partition coefficient (Wildman–Crippen LogP) is 4.30. The van der Waals surface area contributed by atoms with Crippen molar-refractivity contribution in [3.63, 3.8) is 0 Å². The molecule has 2 aromatic carbocycles. The number of benzene rings is 2. The van der Waals surface area contributed by atoms with Gasteiger partial charge in [0.1, 0.15) is 17.3 Å². The van der Waals surface area contributed by atoms with Gasteiger partial charge in [0.25, 0.3) is 5.69 Å². The van der Waals surface area contributed by atoms with Crippen molar-refractivity contribution in [2.24, 2.45) is 5.10 Å². The quantitative estimate of drug-likeness (QED) is 0.383. The van der Waals surface area contributed by atoms with Gasteiger partial charge in [-0.05, 0) is 25.1 Å². The molecule has 1 N–H and O–H groups in total. The second-order valence-electron chi connectivity index (χ2n) is 5.87. The Morgan fingerprint density at radius 1 is 1.22 bits per heavy atom. The van der Waals surface area contributed by atoms with Crippen LogP contribution in [0, 0.1) is 17.0 Å². The summed E-state index contributed by atoms with van der Waals surface area (Å²) in [6, 6.07) is 16.2. The Hall–Kier alpha value is -3.61. The molecule has 3 aromatic rings. The topological polar surface area (TPSA) is 89.9 Å². The molecule has 138 valence electrons. The maximum absolute atomic E-state index is 11.1. The molecule has 7 heteroatoms. The molecule has 0 radical (unpaired) electrons. The van der Waals surface area contributed by atoms with Crippen molar-refractivity contribution in [3.05, 3.63) is 81.6 Å². The van der Waals surface area contributed by atoms with Gasteiger partial charge in [-0.2, -0.15) is 5.10 Å². The first-order chi connectivity index (χ1) is 13.1. The summed E-state index contributed by atoms with van der Waals surface area (Å²) in [6.45, 7) is 2.22. The number of hydrogen-bond acceptors (Lipinski definition) is 6. The van der Waals surface area contributed by atoms with Crippen molar-refractivity contribution in [1.29, 1.82) is 0 Å². The van der Waals surface area contributed by atoms with E-state index in [0.717, 1.165) is 11.3 Å². The summed E-state index contributed by atoms with van der Waals surface area (Å²) in [7, 11) is 1.63. The average Bonchev–Trinajstić information content (AvgIpc) is 3.14. The first-order valence-corrected chi connectivity index (χ1v) is 8.31. The fourth-order valence-corrected chi connectivity index (χ4v) is 2.63. The lowest BCUT2D eigenvalue weighted by Crippen LogP contribution is -2.06. The Kier molecular flexibility index (Phi) is 5.51. The fraction of sp³-hybridized carbons (Fsp3) is 0.150. The molecule has 1 heterocycles. The van der Waals surface area contributed by atoms with Crippen LogP contribution in [0.1, 0.15) is 16.9 Å². The highest BCUT2D eigenvalue weighted by Gasteiger charge is 2.13. The average molecular weight is 365 g/mol. The highest BCUT2D eigenvalue weighted by atomic mass is 16.6. The predicted molar refractivity (Wildman–Crippen MR) is 103 cm³/mol. The van der Waals surface area contributed by atoms with Gasteiger partial charge < -0.3 is 14.6 Å². The van der Waals surface area contributed by atoms with E-state index in [1.54, 1.807) is 44.5 Å². The maximum atomic E-state index is 11.1. The number of nitrogens with one attached hydrogen (secondary N) is 1. The van der Waals surface area contributed by atoms with Crippen molar-refractivity contribution in [3.8, 4) is 17.1 Å². The Labute approximate surface area is 156 Å². The summed E-state index contributed by atoms with van der Waals surface area (Å²) in [5.41, 5.74) is 5.26. The van der Waals surface area contributed by atoms with Crippen molar-refractivity contribution in [1.82, 2.24) is 5.43 Å². The van der Waals surface area contributed by atoms with Gasteiger partial charge in [-0.3, -0.25) is 10.1 Å². The first-order valence-electron chi connectivity index (χ1n) is 8.31. The van der Waals surface area contributed by atoms with Gasteiger partial charge in [-0.25, -0.2) is 0 Å². The zero-order chi connectivity index (χ0) is 19.2. The molecule has 0 fully saturated rings. The molecule has 0 saturated carbocycles. The van der Waals surface area contributed by atoms with Crippen LogP contribution >= 0.6 is 0 Å². The Morgan fingerprint density at radius 2 is 2.04 bits per heavy atom. The Bertz CT molecular complexity index is 979. The third kappa shape index (κ3) is 4.33. The van der Waals surface area contributed by atoms with Gasteiger partial charge in [-0.1, -0.05) is 30.3 Å². The number of aryl methyl sites for hydroxylation is 1. The number of hydrazone groups is 1. The molecule has 0 aliphatic heterocycles. The van der Waals surface area contributed by atoms with E-state index in [0.29, 0.717) is 29.2 Å². The number of nitro benzene ring substituents is 1. The summed E-state index contributed by atoms with van der Waals surface area (Å²) in [5.74, 6) is 1.88. The van der Waals surface area contributed by atoms with Gasteiger partial charge in [-0.15, -0.1) is 0 Å². The minimum Gasteiger partial charge on any atom is -0.496 e. The van der Waals surface area contributed by atoms with Gasteiger partial charge in [0, 0.05) is 22.8 Å². The molecule has 1 aromatic heterocycles. The molecule has 0 bridgehead atoms. The van der Waals surface area contributed by atoms with Crippen LogP contribution in [0.25, 0.3) is 11.3 Å². The van der Waals surface area contributed by atoms with E-state index >= 15 is 0 Å². The van der Waals surface area contributed by atoms with Crippen molar-refractivity contribution in [2.45, 2.75) is 13.5 Å². The van der Waals surface area contributed by atoms with Crippen LogP contribution in [0.5, 0.6) is 5.75 Å². The smallest absolute Gasteiger partial charge is 0.273 e. The summed E-state index contributed by atoms with van der Waals surface area (Å²) in [5, 5.41) is 15.2. The number of nitro groups is 1. The standard InChI is InChI=1S/C20H19N3O4/c1-14-7-8-15(11-18(14)23(24)25)20-10-9-17(27-20)13-22-21-12-16-5-3-4-6-19(16)26-2/h3-11,13,21H,12H2,1-2H3/b22-13+. The number of nitrogens with zero attached hydrogens (tertiary/aromatic N) is 2. The molecule has 0 aliphatic rings. The van der Waals surface area contributed by atoms with Crippen molar-refractivity contribution >= 4 is 11.9 Å². The minimum atomic E-state index is -0.397. The number of ether oxygens (including phenoxy) is 1. The molecule has 27 heavy (non-hydrogen) atoms. The third-order valence-electron chi connectivity index (χ3n) is 4.06. The number of rotatable bonds is 7. The van der Waals surface area contributed by atoms with E-state index in [1.165, 1.54) is 6.07 Å². The van der Waals surface area contributed by atoms with E-state index in [9.17, 15) is 10.1 Å². The Balaban J connectivity index is 1.67. The molecular weight excluding hydrogens is 346 g/mol. The lowest BCUT2D eigenvalue weighted by molar-refractivity contribution is -0.385. The van der Waals surface area contributed by atoms with Gasteiger partial charge >= 0.3 is 0 Å². The maximum Gasteiger partial charge on any atom is 0.273 e. The first kappa shape index (κ1) is 18.2. The third-order valence-corrected chi connectivity index (χ3v) is 4.06. The molecule has 7 nitrogen and oxygen atoms in total. The SMILES string of the molecule is COc1ccccc1CN/N=C/c1ccc(-c2ccc(C)c([N+](=O)[O-])c2)o1. The van der Waals surface area contributed by atoms with E-state index in [-0.39, 0.29) is 5.69 Å². The zero-order valence-corrected chi connectivity index (χ0v) is 15.0. The minimum absolute atomic E-state index is 0.0672. The molecule has 0 atom stereocenters. The van der Waals surface area contributed by atoms with Crippen molar-refractivity contribution in [2.75, 3.05) is 7.11 Å². The molecule has 0 unspecified atom stereocenters.